The molecule has 0 aromatic carbocycles. The summed E-state index contributed by atoms with van der Waals surface area (Å²) in [5.74, 6) is -0.00729. The molecule has 7 heteroatoms. The van der Waals surface area contributed by atoms with Crippen LogP contribution in [0.4, 0.5) is 0 Å². The quantitative estimate of drug-likeness (QED) is 0.794. The topological polar surface area (TPSA) is 59.5 Å². The number of thiazole rings is 1. The summed E-state index contributed by atoms with van der Waals surface area (Å²) in [5.41, 5.74) is 1.26. The van der Waals surface area contributed by atoms with Gasteiger partial charge in [0.15, 0.2) is 12.3 Å². The van der Waals surface area contributed by atoms with Crippen molar-refractivity contribution in [3.05, 3.63) is 27.9 Å². The highest BCUT2D eigenvalue weighted by atomic mass is 32.1. The summed E-state index contributed by atoms with van der Waals surface area (Å²) in [7, 11) is 0. The van der Waals surface area contributed by atoms with Gasteiger partial charge in [-0.3, -0.25) is 4.79 Å². The largest absolute Gasteiger partial charge is 0.451 e. The summed E-state index contributed by atoms with van der Waals surface area (Å²) < 4.78 is 5.12. The fourth-order valence-corrected chi connectivity index (χ4v) is 3.94. The molecule has 2 aromatic rings. The van der Waals surface area contributed by atoms with Crippen LogP contribution < -0.4 is 0 Å². The zero-order valence-electron chi connectivity index (χ0n) is 12.9. The minimum Gasteiger partial charge on any atom is -0.451 e. The van der Waals surface area contributed by atoms with E-state index in [1.807, 2.05) is 16.8 Å². The zero-order valence-corrected chi connectivity index (χ0v) is 14.5. The van der Waals surface area contributed by atoms with Gasteiger partial charge in [0.25, 0.3) is 5.91 Å². The molecule has 0 spiro atoms. The van der Waals surface area contributed by atoms with Gasteiger partial charge < -0.3 is 9.64 Å². The number of hydrogen-bond acceptors (Lipinski definition) is 6. The molecule has 0 unspecified atom stereocenters. The lowest BCUT2D eigenvalue weighted by Gasteiger charge is -2.30. The number of amides is 1. The Labute approximate surface area is 142 Å². The lowest BCUT2D eigenvalue weighted by atomic mass is 9.99. The van der Waals surface area contributed by atoms with Crippen LogP contribution >= 0.6 is 22.7 Å². The number of hydrogen-bond donors (Lipinski definition) is 0. The molecular formula is C16H18N2O3S2. The first-order valence-corrected chi connectivity index (χ1v) is 9.38. The van der Waals surface area contributed by atoms with Gasteiger partial charge in [0.2, 0.25) is 0 Å². The minimum atomic E-state index is -0.540. The fourth-order valence-electron chi connectivity index (χ4n) is 2.44. The zero-order chi connectivity index (χ0) is 16.2. The first-order chi connectivity index (χ1) is 11.1. The molecule has 0 radical (unpaired) electrons. The van der Waals surface area contributed by atoms with E-state index in [4.69, 9.17) is 4.74 Å². The standard InChI is InChI=1S/C16H18N2O3S2/c1-11-2-5-18(6-3-11)14(19)8-21-16(20)13-10-23-15(17-13)12-4-7-22-9-12/h4,7,9-11H,2-3,5-6,8H2,1H3. The Morgan fingerprint density at radius 1 is 1.35 bits per heavy atom. The molecule has 2 aromatic heterocycles. The van der Waals surface area contributed by atoms with Crippen LogP contribution in [0.25, 0.3) is 10.6 Å². The lowest BCUT2D eigenvalue weighted by Crippen LogP contribution is -2.40. The second-order valence-electron chi connectivity index (χ2n) is 5.69. The van der Waals surface area contributed by atoms with Crippen LogP contribution in [0.15, 0.2) is 22.2 Å². The molecule has 1 saturated heterocycles. The number of thiophene rings is 1. The van der Waals surface area contributed by atoms with E-state index in [0.29, 0.717) is 5.92 Å². The van der Waals surface area contributed by atoms with E-state index >= 15 is 0 Å². The molecule has 3 heterocycles. The Hall–Kier alpha value is -1.73. The fraction of sp³-hybridized carbons (Fsp3) is 0.438. The number of ether oxygens (including phenoxy) is 1. The van der Waals surface area contributed by atoms with E-state index in [2.05, 4.69) is 11.9 Å². The molecule has 1 fully saturated rings. The summed E-state index contributed by atoms with van der Waals surface area (Å²) in [6.07, 6.45) is 2.02. The Morgan fingerprint density at radius 2 is 2.13 bits per heavy atom. The second-order valence-corrected chi connectivity index (χ2v) is 7.33. The van der Waals surface area contributed by atoms with Gasteiger partial charge in [0, 0.05) is 29.4 Å². The Kier molecular flexibility index (Phi) is 5.07. The highest BCUT2D eigenvalue weighted by Gasteiger charge is 2.22. The van der Waals surface area contributed by atoms with Crippen LogP contribution in [-0.2, 0) is 9.53 Å². The first kappa shape index (κ1) is 16.1. The molecule has 1 amide bonds. The van der Waals surface area contributed by atoms with Gasteiger partial charge in [-0.15, -0.1) is 11.3 Å². The number of aromatic nitrogens is 1. The number of carbonyl (C=O) groups excluding carboxylic acids is 2. The third kappa shape index (κ3) is 3.97. The van der Waals surface area contributed by atoms with E-state index in [0.717, 1.165) is 36.5 Å². The maximum Gasteiger partial charge on any atom is 0.358 e. The van der Waals surface area contributed by atoms with Crippen molar-refractivity contribution in [2.75, 3.05) is 19.7 Å². The second kappa shape index (κ2) is 7.23. The molecule has 0 bridgehead atoms. The molecule has 0 N–H and O–H groups in total. The third-order valence-electron chi connectivity index (χ3n) is 3.94. The van der Waals surface area contributed by atoms with E-state index in [-0.39, 0.29) is 18.2 Å². The van der Waals surface area contributed by atoms with E-state index in [1.165, 1.54) is 11.3 Å². The van der Waals surface area contributed by atoms with Crippen LogP contribution in [0.3, 0.4) is 0 Å². The van der Waals surface area contributed by atoms with E-state index < -0.39 is 5.97 Å². The molecular weight excluding hydrogens is 332 g/mol. The number of likely N-dealkylation sites (tertiary alicyclic amines) is 1. The van der Waals surface area contributed by atoms with Crippen molar-refractivity contribution in [3.63, 3.8) is 0 Å². The predicted molar refractivity (Wildman–Crippen MR) is 90.7 cm³/mol. The maximum absolute atomic E-state index is 12.1. The molecule has 122 valence electrons. The van der Waals surface area contributed by atoms with Gasteiger partial charge in [0.05, 0.1) is 0 Å². The number of nitrogens with zero attached hydrogens (tertiary/aromatic N) is 2. The van der Waals surface area contributed by atoms with Crippen molar-refractivity contribution in [2.24, 2.45) is 5.92 Å². The highest BCUT2D eigenvalue weighted by molar-refractivity contribution is 7.14. The van der Waals surface area contributed by atoms with Gasteiger partial charge in [-0.25, -0.2) is 9.78 Å². The van der Waals surface area contributed by atoms with Gasteiger partial charge >= 0.3 is 5.97 Å². The van der Waals surface area contributed by atoms with Crippen molar-refractivity contribution >= 4 is 34.6 Å². The average Bonchev–Trinajstić information content (AvgIpc) is 3.23. The molecule has 0 atom stereocenters. The van der Waals surface area contributed by atoms with Crippen molar-refractivity contribution in [2.45, 2.75) is 19.8 Å². The normalized spacial score (nSPS) is 15.6. The average molecular weight is 350 g/mol. The third-order valence-corrected chi connectivity index (χ3v) is 5.52. The minimum absolute atomic E-state index is 0.126. The number of carbonyl (C=O) groups is 2. The molecule has 5 nitrogen and oxygen atoms in total. The Bertz CT molecular complexity index is 673. The molecule has 1 aliphatic heterocycles. The van der Waals surface area contributed by atoms with Crippen LogP contribution in [-0.4, -0.2) is 41.5 Å². The number of rotatable bonds is 4. The van der Waals surface area contributed by atoms with Gasteiger partial charge in [-0.05, 0) is 30.2 Å². The van der Waals surface area contributed by atoms with Crippen LogP contribution in [0.2, 0.25) is 0 Å². The SMILES string of the molecule is CC1CCN(C(=O)COC(=O)c2csc(-c3ccsc3)n2)CC1. The first-order valence-electron chi connectivity index (χ1n) is 7.56. The van der Waals surface area contributed by atoms with Gasteiger partial charge in [0.1, 0.15) is 5.01 Å². The Balaban J connectivity index is 1.52. The smallest absolute Gasteiger partial charge is 0.358 e. The van der Waals surface area contributed by atoms with Gasteiger partial charge in [-0.2, -0.15) is 11.3 Å². The lowest BCUT2D eigenvalue weighted by molar-refractivity contribution is -0.135. The molecule has 1 aliphatic rings. The highest BCUT2D eigenvalue weighted by Crippen LogP contribution is 2.26. The summed E-state index contributed by atoms with van der Waals surface area (Å²) in [5, 5.41) is 6.40. The van der Waals surface area contributed by atoms with Crippen LogP contribution in [0.1, 0.15) is 30.3 Å². The summed E-state index contributed by atoms with van der Waals surface area (Å²) in [4.78, 5) is 30.1. The van der Waals surface area contributed by atoms with E-state index in [1.54, 1.807) is 21.6 Å². The van der Waals surface area contributed by atoms with Crippen molar-refractivity contribution in [1.82, 2.24) is 9.88 Å². The maximum atomic E-state index is 12.1. The molecule has 0 saturated carbocycles. The molecule has 3 rings (SSSR count). The van der Waals surface area contributed by atoms with Crippen molar-refractivity contribution in [3.8, 4) is 10.6 Å². The number of esters is 1. The van der Waals surface area contributed by atoms with Crippen LogP contribution in [0, 0.1) is 5.92 Å². The van der Waals surface area contributed by atoms with Crippen molar-refractivity contribution in [1.29, 1.82) is 0 Å². The van der Waals surface area contributed by atoms with Crippen molar-refractivity contribution < 1.29 is 14.3 Å². The van der Waals surface area contributed by atoms with E-state index in [9.17, 15) is 9.59 Å². The monoisotopic (exact) mass is 350 g/mol. The summed E-state index contributed by atoms with van der Waals surface area (Å²) >= 11 is 2.98. The molecule has 23 heavy (non-hydrogen) atoms. The predicted octanol–water partition coefficient (Wildman–Crippen LogP) is 3.29. The number of piperidine rings is 1. The van der Waals surface area contributed by atoms with Gasteiger partial charge in [-0.1, -0.05) is 6.92 Å². The Morgan fingerprint density at radius 3 is 2.83 bits per heavy atom. The summed E-state index contributed by atoms with van der Waals surface area (Å²) in [6, 6.07) is 1.96. The summed E-state index contributed by atoms with van der Waals surface area (Å²) in [6.45, 7) is 3.47. The van der Waals surface area contributed by atoms with Crippen LogP contribution in [0.5, 0.6) is 0 Å². The molecule has 0 aliphatic carbocycles.